The van der Waals surface area contributed by atoms with E-state index in [4.69, 9.17) is 18.7 Å². The fourth-order valence-corrected chi connectivity index (χ4v) is 3.05. The van der Waals surface area contributed by atoms with Gasteiger partial charge in [0.1, 0.15) is 24.7 Å². The second-order valence-corrected chi connectivity index (χ2v) is 7.24. The van der Waals surface area contributed by atoms with Gasteiger partial charge in [-0.15, -0.1) is 0 Å². The monoisotopic (exact) mass is 436 g/mol. The van der Waals surface area contributed by atoms with Gasteiger partial charge in [-0.05, 0) is 56.2 Å². The van der Waals surface area contributed by atoms with Crippen LogP contribution in [0.3, 0.4) is 0 Å². The molecule has 3 aromatic rings. The van der Waals surface area contributed by atoms with Crippen molar-refractivity contribution in [3.8, 4) is 17.2 Å². The van der Waals surface area contributed by atoms with Crippen molar-refractivity contribution in [3.05, 3.63) is 76.7 Å². The largest absolute Gasteiger partial charge is 0.493 e. The third-order valence-corrected chi connectivity index (χ3v) is 4.92. The lowest BCUT2D eigenvalue weighted by molar-refractivity contribution is -0.116. The smallest absolute Gasteiger partial charge is 0.244 e. The highest BCUT2D eigenvalue weighted by Gasteiger charge is 2.12. The van der Waals surface area contributed by atoms with Crippen molar-refractivity contribution in [3.63, 3.8) is 0 Å². The van der Waals surface area contributed by atoms with Crippen LogP contribution in [0.2, 0.25) is 0 Å². The molecule has 0 bridgehead atoms. The lowest BCUT2D eigenvalue weighted by Gasteiger charge is -2.11. The fraction of sp³-hybridized carbons (Fsp3) is 0.280. The van der Waals surface area contributed by atoms with E-state index in [1.54, 1.807) is 13.2 Å². The lowest BCUT2D eigenvalue weighted by atomic mass is 10.2. The van der Waals surface area contributed by atoms with Crippen LogP contribution in [0.5, 0.6) is 17.2 Å². The predicted octanol–water partition coefficient (Wildman–Crippen LogP) is 4.40. The summed E-state index contributed by atoms with van der Waals surface area (Å²) in [6.07, 6.45) is 3.20. The first-order valence-electron chi connectivity index (χ1n) is 10.3. The number of carbonyl (C=O) groups excluding carboxylic acids is 1. The van der Waals surface area contributed by atoms with Crippen molar-refractivity contribution in [2.24, 2.45) is 0 Å². The number of hydrogen-bond acceptors (Lipinski definition) is 6. The predicted molar refractivity (Wildman–Crippen MR) is 122 cm³/mol. The van der Waals surface area contributed by atoms with Crippen LogP contribution in [0.25, 0.3) is 6.08 Å². The van der Waals surface area contributed by atoms with Crippen LogP contribution >= 0.6 is 0 Å². The van der Waals surface area contributed by atoms with Crippen LogP contribution in [0.1, 0.15) is 28.1 Å². The molecule has 2 aromatic carbocycles. The normalized spacial score (nSPS) is 10.9. The summed E-state index contributed by atoms with van der Waals surface area (Å²) in [4.78, 5) is 12.1. The van der Waals surface area contributed by atoms with E-state index in [0.29, 0.717) is 31.3 Å². The van der Waals surface area contributed by atoms with Gasteiger partial charge in [0, 0.05) is 6.08 Å². The summed E-state index contributed by atoms with van der Waals surface area (Å²) >= 11 is 0. The number of methoxy groups -OCH3 is 1. The molecule has 32 heavy (non-hydrogen) atoms. The average Bonchev–Trinajstić information content (AvgIpc) is 3.12. The quantitative estimate of drug-likeness (QED) is 0.375. The van der Waals surface area contributed by atoms with Gasteiger partial charge in [0.25, 0.3) is 0 Å². The number of aryl methyl sites for hydroxylation is 3. The highest BCUT2D eigenvalue weighted by Crippen LogP contribution is 2.30. The summed E-state index contributed by atoms with van der Waals surface area (Å²) in [6.45, 7) is 6.85. The van der Waals surface area contributed by atoms with Crippen LogP contribution in [0.15, 0.2) is 53.1 Å². The van der Waals surface area contributed by atoms with Gasteiger partial charge in [-0.1, -0.05) is 29.4 Å². The van der Waals surface area contributed by atoms with E-state index in [1.165, 1.54) is 6.08 Å². The fourth-order valence-electron chi connectivity index (χ4n) is 3.05. The summed E-state index contributed by atoms with van der Waals surface area (Å²) < 4.78 is 22.2. The molecule has 0 fully saturated rings. The maximum absolute atomic E-state index is 12.1. The van der Waals surface area contributed by atoms with E-state index >= 15 is 0 Å². The van der Waals surface area contributed by atoms with Gasteiger partial charge >= 0.3 is 0 Å². The molecule has 0 unspecified atom stereocenters. The standard InChI is InChI=1S/C25H28N2O5/c1-17-7-5-6-8-22(17)30-14-13-26-25(28)12-10-20-9-11-23(24(15-20)29-4)31-16-21-18(2)27-32-19(21)3/h5-12,15H,13-14,16H2,1-4H3,(H,26,28). The number of aromatic nitrogens is 1. The number of nitrogens with zero attached hydrogens (tertiary/aromatic N) is 1. The van der Waals surface area contributed by atoms with Gasteiger partial charge in [-0.25, -0.2) is 0 Å². The first kappa shape index (κ1) is 22.9. The van der Waals surface area contributed by atoms with Crippen LogP contribution in [0.4, 0.5) is 0 Å². The number of hydrogen-bond donors (Lipinski definition) is 1. The van der Waals surface area contributed by atoms with Gasteiger partial charge < -0.3 is 24.1 Å². The van der Waals surface area contributed by atoms with E-state index in [0.717, 1.165) is 33.9 Å². The van der Waals surface area contributed by atoms with Crippen molar-refractivity contribution in [2.75, 3.05) is 20.3 Å². The van der Waals surface area contributed by atoms with Gasteiger partial charge in [0.2, 0.25) is 5.91 Å². The average molecular weight is 437 g/mol. The highest BCUT2D eigenvalue weighted by molar-refractivity contribution is 5.91. The molecular formula is C25H28N2O5. The Hall–Kier alpha value is -3.74. The molecule has 0 aliphatic heterocycles. The molecule has 3 rings (SSSR count). The maximum Gasteiger partial charge on any atom is 0.244 e. The van der Waals surface area contributed by atoms with Crippen LogP contribution in [0, 0.1) is 20.8 Å². The van der Waals surface area contributed by atoms with Crippen LogP contribution in [-0.2, 0) is 11.4 Å². The Morgan fingerprint density at radius 3 is 2.59 bits per heavy atom. The second kappa shape index (κ2) is 11.0. The Balaban J connectivity index is 1.50. The molecule has 0 aliphatic carbocycles. The summed E-state index contributed by atoms with van der Waals surface area (Å²) in [5.74, 6) is 2.53. The molecule has 0 radical (unpaired) electrons. The second-order valence-electron chi connectivity index (χ2n) is 7.24. The third-order valence-electron chi connectivity index (χ3n) is 4.92. The topological polar surface area (TPSA) is 82.8 Å². The molecule has 7 heteroatoms. The molecule has 0 spiro atoms. The number of para-hydroxylation sites is 1. The first-order valence-corrected chi connectivity index (χ1v) is 10.3. The maximum atomic E-state index is 12.1. The summed E-state index contributed by atoms with van der Waals surface area (Å²) in [5, 5.41) is 6.74. The number of amides is 1. The Kier molecular flexibility index (Phi) is 7.91. The molecule has 7 nitrogen and oxygen atoms in total. The summed E-state index contributed by atoms with van der Waals surface area (Å²) in [5.41, 5.74) is 3.60. The summed E-state index contributed by atoms with van der Waals surface area (Å²) in [6, 6.07) is 13.3. The van der Waals surface area contributed by atoms with Crippen molar-refractivity contribution >= 4 is 12.0 Å². The zero-order valence-electron chi connectivity index (χ0n) is 18.8. The molecule has 0 aliphatic rings. The van der Waals surface area contributed by atoms with Gasteiger partial charge in [-0.2, -0.15) is 0 Å². The molecule has 168 valence electrons. The highest BCUT2D eigenvalue weighted by atomic mass is 16.5. The molecule has 1 N–H and O–H groups in total. The molecule has 0 atom stereocenters. The molecule has 1 heterocycles. The number of benzene rings is 2. The van der Waals surface area contributed by atoms with E-state index in [-0.39, 0.29) is 5.91 Å². The Morgan fingerprint density at radius 2 is 1.88 bits per heavy atom. The van der Waals surface area contributed by atoms with Crippen LogP contribution < -0.4 is 19.5 Å². The number of ether oxygens (including phenoxy) is 3. The number of nitrogens with one attached hydrogen (secondary N) is 1. The van der Waals surface area contributed by atoms with E-state index in [2.05, 4.69) is 10.5 Å². The van der Waals surface area contributed by atoms with E-state index in [1.807, 2.05) is 63.2 Å². The zero-order chi connectivity index (χ0) is 22.9. The van der Waals surface area contributed by atoms with E-state index < -0.39 is 0 Å². The minimum Gasteiger partial charge on any atom is -0.493 e. The molecule has 0 saturated heterocycles. The Bertz CT molecular complexity index is 1070. The molecular weight excluding hydrogens is 408 g/mol. The van der Waals surface area contributed by atoms with Gasteiger partial charge in [0.05, 0.1) is 24.9 Å². The molecule has 1 amide bonds. The molecule has 1 aromatic heterocycles. The van der Waals surface area contributed by atoms with Crippen molar-refractivity contribution in [1.82, 2.24) is 10.5 Å². The zero-order valence-corrected chi connectivity index (χ0v) is 18.8. The number of rotatable bonds is 10. The van der Waals surface area contributed by atoms with Crippen LogP contribution in [-0.4, -0.2) is 31.3 Å². The van der Waals surface area contributed by atoms with Crippen molar-refractivity contribution in [2.45, 2.75) is 27.4 Å². The Labute approximate surface area is 188 Å². The third kappa shape index (κ3) is 6.14. The lowest BCUT2D eigenvalue weighted by Crippen LogP contribution is -2.26. The van der Waals surface area contributed by atoms with E-state index in [9.17, 15) is 4.79 Å². The minimum absolute atomic E-state index is 0.198. The molecule has 0 saturated carbocycles. The van der Waals surface area contributed by atoms with Crippen molar-refractivity contribution < 1.29 is 23.5 Å². The van der Waals surface area contributed by atoms with Gasteiger partial charge in [-0.3, -0.25) is 4.79 Å². The van der Waals surface area contributed by atoms with Crippen molar-refractivity contribution in [1.29, 1.82) is 0 Å². The number of carbonyl (C=O) groups is 1. The van der Waals surface area contributed by atoms with Gasteiger partial charge in [0.15, 0.2) is 11.5 Å². The Morgan fingerprint density at radius 1 is 1.06 bits per heavy atom. The first-order chi connectivity index (χ1) is 15.5. The summed E-state index contributed by atoms with van der Waals surface area (Å²) in [7, 11) is 1.58. The SMILES string of the molecule is COc1cc(C=CC(=O)NCCOc2ccccc2C)ccc1OCc1c(C)noc1C. The minimum atomic E-state index is -0.198.